The van der Waals surface area contributed by atoms with Crippen molar-refractivity contribution < 1.29 is 24.8 Å². The van der Waals surface area contributed by atoms with E-state index >= 15 is 0 Å². The third-order valence-corrected chi connectivity index (χ3v) is 4.47. The van der Waals surface area contributed by atoms with Crippen LogP contribution in [0.2, 0.25) is 0 Å². The molecule has 116 valence electrons. The van der Waals surface area contributed by atoms with Gasteiger partial charge in [0.2, 0.25) is 0 Å². The molecule has 2 aliphatic rings. The van der Waals surface area contributed by atoms with E-state index in [2.05, 4.69) is 6.07 Å². The number of benzene rings is 1. The van der Waals surface area contributed by atoms with Crippen LogP contribution >= 0.6 is 0 Å². The summed E-state index contributed by atoms with van der Waals surface area (Å²) >= 11 is 0. The molecule has 1 aromatic rings. The smallest absolute Gasteiger partial charge is 0.197 e. The number of fused-ring (bicyclic) bond motifs is 1. The normalized spacial score (nSPS) is 36.2. The second kappa shape index (κ2) is 6.02. The molecule has 1 aromatic carbocycles. The fourth-order valence-electron chi connectivity index (χ4n) is 3.26. The van der Waals surface area contributed by atoms with Gasteiger partial charge in [0.05, 0.1) is 18.8 Å². The third kappa shape index (κ3) is 2.84. The summed E-state index contributed by atoms with van der Waals surface area (Å²) in [6, 6.07) is 8.00. The van der Waals surface area contributed by atoms with Gasteiger partial charge >= 0.3 is 0 Å². The van der Waals surface area contributed by atoms with Crippen LogP contribution in [0, 0.1) is 0 Å². The van der Waals surface area contributed by atoms with Gasteiger partial charge < -0.3 is 24.8 Å². The Morgan fingerprint density at radius 1 is 1.19 bits per heavy atom. The van der Waals surface area contributed by atoms with Crippen molar-refractivity contribution in [3.63, 3.8) is 0 Å². The van der Waals surface area contributed by atoms with Gasteiger partial charge in [-0.05, 0) is 24.0 Å². The van der Waals surface area contributed by atoms with E-state index in [1.165, 1.54) is 5.56 Å². The van der Waals surface area contributed by atoms with Crippen LogP contribution in [0.15, 0.2) is 24.3 Å². The Bertz CT molecular complexity index is 462. The maximum atomic E-state index is 10.4. The molecule has 21 heavy (non-hydrogen) atoms. The lowest BCUT2D eigenvalue weighted by Crippen LogP contribution is -2.59. The van der Waals surface area contributed by atoms with Crippen molar-refractivity contribution in [2.45, 2.75) is 56.4 Å². The van der Waals surface area contributed by atoms with Gasteiger partial charge in [0.15, 0.2) is 5.79 Å². The Balaban J connectivity index is 1.82. The van der Waals surface area contributed by atoms with Crippen molar-refractivity contribution in [2.75, 3.05) is 6.61 Å². The van der Waals surface area contributed by atoms with Gasteiger partial charge in [0.25, 0.3) is 0 Å². The molecule has 2 aliphatic heterocycles. The number of ether oxygens (including phenoxy) is 2. The molecule has 2 heterocycles. The van der Waals surface area contributed by atoms with E-state index in [-0.39, 0.29) is 12.7 Å². The molecule has 5 nitrogen and oxygen atoms in total. The van der Waals surface area contributed by atoms with Crippen LogP contribution < -0.4 is 0 Å². The minimum Gasteiger partial charge on any atom is -0.396 e. The highest BCUT2D eigenvalue weighted by Gasteiger charge is 2.50. The standard InChI is InChI=1S/C16H22O5/c17-8-6-13-9-14(18)15(19)16(21-13)7-5-11-3-1-2-4-12(11)10-20-16/h1-4,13-15,17-19H,5-10H2/t13-,14-,15+,16+/m1/s1. The first-order chi connectivity index (χ1) is 10.1. The second-order valence-electron chi connectivity index (χ2n) is 5.87. The van der Waals surface area contributed by atoms with Gasteiger partial charge in [-0.25, -0.2) is 0 Å². The quantitative estimate of drug-likeness (QED) is 0.750. The molecule has 1 spiro atoms. The van der Waals surface area contributed by atoms with Crippen LogP contribution in [-0.2, 0) is 22.5 Å². The van der Waals surface area contributed by atoms with Gasteiger partial charge in [-0.15, -0.1) is 0 Å². The zero-order valence-electron chi connectivity index (χ0n) is 11.9. The minimum absolute atomic E-state index is 0.0101. The summed E-state index contributed by atoms with van der Waals surface area (Å²) in [5, 5.41) is 29.6. The Hall–Kier alpha value is -0.980. The zero-order chi connectivity index (χ0) is 14.9. The van der Waals surface area contributed by atoms with Gasteiger partial charge in [-0.2, -0.15) is 0 Å². The molecule has 0 radical (unpaired) electrons. The first kappa shape index (κ1) is 14.9. The Kier molecular flexibility index (Phi) is 4.28. The molecule has 0 amide bonds. The summed E-state index contributed by atoms with van der Waals surface area (Å²) in [5.74, 6) is -1.18. The SMILES string of the molecule is OCC[C@@H]1C[C@@H](O)[C@H](O)[C@]2(CCc3ccccc3CO2)O1. The minimum atomic E-state index is -1.18. The van der Waals surface area contributed by atoms with Crippen molar-refractivity contribution in [3.8, 4) is 0 Å². The van der Waals surface area contributed by atoms with Crippen LogP contribution in [0.25, 0.3) is 0 Å². The molecule has 5 heteroatoms. The molecular formula is C16H22O5. The van der Waals surface area contributed by atoms with Crippen molar-refractivity contribution in [2.24, 2.45) is 0 Å². The fourth-order valence-corrected chi connectivity index (χ4v) is 3.26. The van der Waals surface area contributed by atoms with Crippen molar-refractivity contribution in [3.05, 3.63) is 35.4 Å². The number of hydrogen-bond acceptors (Lipinski definition) is 5. The molecule has 3 N–H and O–H groups in total. The average molecular weight is 294 g/mol. The summed E-state index contributed by atoms with van der Waals surface area (Å²) < 4.78 is 11.9. The first-order valence-corrected chi connectivity index (χ1v) is 7.50. The van der Waals surface area contributed by atoms with Gasteiger partial charge in [-0.1, -0.05) is 24.3 Å². The lowest BCUT2D eigenvalue weighted by atomic mass is 9.90. The Morgan fingerprint density at radius 3 is 2.71 bits per heavy atom. The zero-order valence-corrected chi connectivity index (χ0v) is 11.9. The van der Waals surface area contributed by atoms with E-state index in [0.717, 1.165) is 12.0 Å². The number of rotatable bonds is 2. The molecular weight excluding hydrogens is 272 g/mol. The monoisotopic (exact) mass is 294 g/mol. The van der Waals surface area contributed by atoms with E-state index in [0.29, 0.717) is 25.9 Å². The first-order valence-electron chi connectivity index (χ1n) is 7.50. The molecule has 0 aromatic heterocycles. The third-order valence-electron chi connectivity index (χ3n) is 4.47. The lowest BCUT2D eigenvalue weighted by Gasteiger charge is -2.46. The summed E-state index contributed by atoms with van der Waals surface area (Å²) in [5.41, 5.74) is 2.27. The van der Waals surface area contributed by atoms with Gasteiger partial charge in [-0.3, -0.25) is 0 Å². The average Bonchev–Trinajstić information content (AvgIpc) is 2.67. The lowest BCUT2D eigenvalue weighted by molar-refractivity contribution is -0.346. The summed E-state index contributed by atoms with van der Waals surface area (Å²) in [7, 11) is 0. The largest absolute Gasteiger partial charge is 0.396 e. The maximum absolute atomic E-state index is 10.4. The van der Waals surface area contributed by atoms with Crippen LogP contribution in [0.4, 0.5) is 0 Å². The molecule has 1 saturated heterocycles. The van der Waals surface area contributed by atoms with E-state index in [4.69, 9.17) is 14.6 Å². The molecule has 3 rings (SSSR count). The van der Waals surface area contributed by atoms with Gasteiger partial charge in [0, 0.05) is 19.4 Å². The van der Waals surface area contributed by atoms with Crippen molar-refractivity contribution >= 4 is 0 Å². The molecule has 0 unspecified atom stereocenters. The van der Waals surface area contributed by atoms with Crippen LogP contribution in [0.1, 0.15) is 30.4 Å². The highest BCUT2D eigenvalue weighted by molar-refractivity contribution is 5.27. The van der Waals surface area contributed by atoms with Crippen molar-refractivity contribution in [1.82, 2.24) is 0 Å². The predicted molar refractivity (Wildman–Crippen MR) is 75.5 cm³/mol. The summed E-state index contributed by atoms with van der Waals surface area (Å²) in [6.07, 6.45) is -0.287. The van der Waals surface area contributed by atoms with E-state index in [1.807, 2.05) is 18.2 Å². The van der Waals surface area contributed by atoms with E-state index < -0.39 is 18.0 Å². The van der Waals surface area contributed by atoms with Gasteiger partial charge in [0.1, 0.15) is 6.10 Å². The van der Waals surface area contributed by atoms with E-state index in [9.17, 15) is 10.2 Å². The van der Waals surface area contributed by atoms with Crippen LogP contribution in [0.5, 0.6) is 0 Å². The molecule has 1 fully saturated rings. The summed E-state index contributed by atoms with van der Waals surface area (Å²) in [4.78, 5) is 0. The molecule has 0 bridgehead atoms. The molecule has 0 saturated carbocycles. The highest BCUT2D eigenvalue weighted by atomic mass is 16.7. The Labute approximate surface area is 124 Å². The second-order valence-corrected chi connectivity index (χ2v) is 5.87. The Morgan fingerprint density at radius 2 is 1.95 bits per heavy atom. The molecule has 4 atom stereocenters. The number of aliphatic hydroxyl groups excluding tert-OH is 3. The number of aryl methyl sites for hydroxylation is 1. The number of hydrogen-bond donors (Lipinski definition) is 3. The molecule has 0 aliphatic carbocycles. The number of aliphatic hydroxyl groups is 3. The highest BCUT2D eigenvalue weighted by Crippen LogP contribution is 2.38. The maximum Gasteiger partial charge on any atom is 0.197 e. The predicted octanol–water partition coefficient (Wildman–Crippen LogP) is 0.739. The van der Waals surface area contributed by atoms with E-state index in [1.54, 1.807) is 0 Å². The summed E-state index contributed by atoms with van der Waals surface area (Å²) in [6.45, 7) is 0.343. The fraction of sp³-hybridized carbons (Fsp3) is 0.625. The topological polar surface area (TPSA) is 79.2 Å². The van der Waals surface area contributed by atoms with Crippen molar-refractivity contribution in [1.29, 1.82) is 0 Å². The van der Waals surface area contributed by atoms with Crippen LogP contribution in [-0.4, -0.2) is 46.0 Å². The van der Waals surface area contributed by atoms with Crippen LogP contribution in [0.3, 0.4) is 0 Å².